The maximum atomic E-state index is 12.3. The van der Waals surface area contributed by atoms with Crippen LogP contribution >= 0.6 is 0 Å². The van der Waals surface area contributed by atoms with E-state index in [4.69, 9.17) is 0 Å². The van der Waals surface area contributed by atoms with Gasteiger partial charge >= 0.3 is 0 Å². The number of rotatable bonds is 1. The number of fused-ring (bicyclic) bond motifs is 1. The molecule has 1 aromatic rings. The number of aromatic amines is 1. The quantitative estimate of drug-likeness (QED) is 0.823. The van der Waals surface area contributed by atoms with Crippen LogP contribution in [0.25, 0.3) is 0 Å². The van der Waals surface area contributed by atoms with Gasteiger partial charge in [-0.25, -0.2) is 0 Å². The molecule has 2 N–H and O–H groups in total. The van der Waals surface area contributed by atoms with Gasteiger partial charge in [-0.15, -0.1) is 0 Å². The highest BCUT2D eigenvalue weighted by molar-refractivity contribution is 6.00. The van der Waals surface area contributed by atoms with Crippen LogP contribution in [0, 0.1) is 17.8 Å². The highest BCUT2D eigenvalue weighted by atomic mass is 16.1. The summed E-state index contributed by atoms with van der Waals surface area (Å²) >= 11 is 0. The fraction of sp³-hybridized carbons (Fsp3) is 0.750. The van der Waals surface area contributed by atoms with Gasteiger partial charge in [0.05, 0.1) is 23.5 Å². The molecule has 2 heterocycles. The number of Topliss-reactive ketones (excluding diaryl/α,β-unsaturated/α-hetero) is 1. The van der Waals surface area contributed by atoms with E-state index in [0.717, 1.165) is 41.2 Å². The summed E-state index contributed by atoms with van der Waals surface area (Å²) in [6, 6.07) is 0. The van der Waals surface area contributed by atoms with Gasteiger partial charge in [0.15, 0.2) is 5.78 Å². The lowest BCUT2D eigenvalue weighted by molar-refractivity contribution is -0.00756. The number of nitrogens with zero attached hydrogens (tertiary/aromatic N) is 1. The van der Waals surface area contributed by atoms with E-state index in [1.54, 1.807) is 0 Å². The molecule has 20 heavy (non-hydrogen) atoms. The predicted molar refractivity (Wildman–Crippen MR) is 74.5 cm³/mol. The Morgan fingerprint density at radius 3 is 2.30 bits per heavy atom. The number of hydrogen-bond acceptors (Lipinski definition) is 3. The highest BCUT2D eigenvalue weighted by Crippen LogP contribution is 2.60. The molecule has 1 aromatic heterocycles. The van der Waals surface area contributed by atoms with Gasteiger partial charge in [0.2, 0.25) is 0 Å². The zero-order chi connectivity index (χ0) is 13.3. The topological polar surface area (TPSA) is 57.8 Å². The summed E-state index contributed by atoms with van der Waals surface area (Å²) in [5, 5.41) is 11.0. The largest absolute Gasteiger partial charge is 0.304 e. The molecule has 0 radical (unpaired) electrons. The SMILES string of the molecule is O=C1CNCc2[nH]nc(C34CC5CC(CC(C5)C3)C4)c21. The molecule has 4 aliphatic carbocycles. The second kappa shape index (κ2) is 3.73. The van der Waals surface area contributed by atoms with Crippen LogP contribution in [0.5, 0.6) is 0 Å². The maximum Gasteiger partial charge on any atom is 0.180 e. The third-order valence-electron chi connectivity index (χ3n) is 6.25. The molecule has 1 aliphatic heterocycles. The first-order valence-corrected chi connectivity index (χ1v) is 8.05. The minimum atomic E-state index is 0.228. The number of nitrogens with one attached hydrogen (secondary N) is 2. The van der Waals surface area contributed by atoms with E-state index in [2.05, 4.69) is 15.5 Å². The smallest absolute Gasteiger partial charge is 0.180 e. The van der Waals surface area contributed by atoms with E-state index >= 15 is 0 Å². The van der Waals surface area contributed by atoms with Gasteiger partial charge in [0.25, 0.3) is 0 Å². The first kappa shape index (κ1) is 11.5. The molecule has 0 unspecified atom stereocenters. The van der Waals surface area contributed by atoms with Gasteiger partial charge in [0.1, 0.15) is 0 Å². The summed E-state index contributed by atoms with van der Waals surface area (Å²) in [6.07, 6.45) is 8.12. The van der Waals surface area contributed by atoms with Crippen molar-refractivity contribution in [2.24, 2.45) is 17.8 Å². The van der Waals surface area contributed by atoms with Crippen molar-refractivity contribution in [3.8, 4) is 0 Å². The monoisotopic (exact) mass is 271 g/mol. The normalized spacial score (nSPS) is 42.0. The third-order valence-corrected chi connectivity index (χ3v) is 6.25. The minimum absolute atomic E-state index is 0.228. The van der Waals surface area contributed by atoms with E-state index < -0.39 is 0 Å². The Hall–Kier alpha value is -1.16. The second-order valence-electron chi connectivity index (χ2n) is 7.65. The fourth-order valence-corrected chi connectivity index (χ4v) is 5.98. The van der Waals surface area contributed by atoms with Crippen LogP contribution in [0.1, 0.15) is 60.3 Å². The minimum Gasteiger partial charge on any atom is -0.304 e. The maximum absolute atomic E-state index is 12.3. The summed E-state index contributed by atoms with van der Waals surface area (Å²) in [6.45, 7) is 1.24. The summed E-state index contributed by atoms with van der Waals surface area (Å²) in [5.41, 5.74) is 3.34. The molecular weight excluding hydrogens is 250 g/mol. The van der Waals surface area contributed by atoms with Crippen LogP contribution in [0.4, 0.5) is 0 Å². The summed E-state index contributed by atoms with van der Waals surface area (Å²) in [4.78, 5) is 12.3. The van der Waals surface area contributed by atoms with Crippen molar-refractivity contribution in [3.63, 3.8) is 0 Å². The van der Waals surface area contributed by atoms with Crippen LogP contribution in [0.15, 0.2) is 0 Å². The fourth-order valence-electron chi connectivity index (χ4n) is 5.98. The zero-order valence-electron chi connectivity index (χ0n) is 11.7. The Kier molecular flexibility index (Phi) is 2.14. The lowest BCUT2D eigenvalue weighted by atomic mass is 9.48. The van der Waals surface area contributed by atoms with Crippen molar-refractivity contribution in [3.05, 3.63) is 17.0 Å². The molecular formula is C16H21N3O. The number of ketones is 1. The van der Waals surface area contributed by atoms with Crippen LogP contribution in [0.2, 0.25) is 0 Å². The Bertz CT molecular complexity index is 553. The lowest BCUT2D eigenvalue weighted by Gasteiger charge is -2.56. The molecule has 106 valence electrons. The molecule has 0 saturated heterocycles. The van der Waals surface area contributed by atoms with E-state index in [-0.39, 0.29) is 11.2 Å². The van der Waals surface area contributed by atoms with E-state index in [1.807, 2.05) is 0 Å². The first-order chi connectivity index (χ1) is 9.73. The standard InChI is InChI=1S/C16H21N3O/c20-13-8-17-7-12-14(13)15(19-18-12)16-4-9-1-10(5-16)3-11(2-9)6-16/h9-11,17H,1-8H2,(H,18,19). The average Bonchev–Trinajstić information content (AvgIpc) is 2.83. The Morgan fingerprint density at radius 1 is 1.00 bits per heavy atom. The summed E-state index contributed by atoms with van der Waals surface area (Å²) in [5.74, 6) is 2.92. The van der Waals surface area contributed by atoms with Gasteiger partial charge in [0, 0.05) is 12.0 Å². The van der Waals surface area contributed by atoms with Crippen LogP contribution < -0.4 is 5.32 Å². The van der Waals surface area contributed by atoms with E-state index in [0.29, 0.717) is 6.54 Å². The molecule has 0 spiro atoms. The van der Waals surface area contributed by atoms with Crippen molar-refractivity contribution in [1.82, 2.24) is 15.5 Å². The second-order valence-corrected chi connectivity index (χ2v) is 7.65. The molecule has 4 saturated carbocycles. The van der Waals surface area contributed by atoms with Gasteiger partial charge in [-0.2, -0.15) is 5.10 Å². The molecule has 5 aliphatic rings. The van der Waals surface area contributed by atoms with Gasteiger partial charge in [-0.3, -0.25) is 9.89 Å². The average molecular weight is 271 g/mol. The Morgan fingerprint density at radius 2 is 1.65 bits per heavy atom. The molecule has 0 aromatic carbocycles. The zero-order valence-corrected chi connectivity index (χ0v) is 11.7. The van der Waals surface area contributed by atoms with Crippen molar-refractivity contribution in [2.45, 2.75) is 50.5 Å². The van der Waals surface area contributed by atoms with Crippen LogP contribution in [0.3, 0.4) is 0 Å². The summed E-state index contributed by atoms with van der Waals surface area (Å²) < 4.78 is 0. The molecule has 0 atom stereocenters. The Labute approximate surface area is 118 Å². The molecule has 0 amide bonds. The lowest BCUT2D eigenvalue weighted by Crippen LogP contribution is -2.49. The molecule has 6 rings (SSSR count). The number of carbonyl (C=O) groups is 1. The number of H-pyrrole nitrogens is 1. The van der Waals surface area contributed by atoms with Crippen LogP contribution in [-0.2, 0) is 12.0 Å². The molecule has 4 fully saturated rings. The number of carbonyl (C=O) groups excluding carboxylic acids is 1. The van der Waals surface area contributed by atoms with Crippen molar-refractivity contribution >= 4 is 5.78 Å². The molecule has 4 nitrogen and oxygen atoms in total. The van der Waals surface area contributed by atoms with Crippen LogP contribution in [-0.4, -0.2) is 22.5 Å². The van der Waals surface area contributed by atoms with E-state index in [1.165, 1.54) is 38.5 Å². The highest BCUT2D eigenvalue weighted by Gasteiger charge is 2.54. The van der Waals surface area contributed by atoms with Gasteiger partial charge < -0.3 is 5.32 Å². The molecule has 4 heteroatoms. The van der Waals surface area contributed by atoms with Gasteiger partial charge in [-0.1, -0.05) is 0 Å². The summed E-state index contributed by atoms with van der Waals surface area (Å²) in [7, 11) is 0. The third kappa shape index (κ3) is 1.40. The van der Waals surface area contributed by atoms with Gasteiger partial charge in [-0.05, 0) is 56.3 Å². The van der Waals surface area contributed by atoms with E-state index in [9.17, 15) is 4.79 Å². The van der Waals surface area contributed by atoms with Crippen molar-refractivity contribution < 1.29 is 4.79 Å². The Balaban J connectivity index is 1.63. The number of hydrogen-bond donors (Lipinski definition) is 2. The molecule has 4 bridgehead atoms. The first-order valence-electron chi connectivity index (χ1n) is 8.05. The van der Waals surface area contributed by atoms with Crippen molar-refractivity contribution in [2.75, 3.05) is 6.54 Å². The van der Waals surface area contributed by atoms with Crippen molar-refractivity contribution in [1.29, 1.82) is 0 Å². The predicted octanol–water partition coefficient (Wildman–Crippen LogP) is 2.16. The number of aromatic nitrogens is 2.